The Morgan fingerprint density at radius 3 is 2.04 bits per heavy atom. The first-order valence-corrected chi connectivity index (χ1v) is 8.47. The summed E-state index contributed by atoms with van der Waals surface area (Å²) >= 11 is 0. The Hall–Kier alpha value is -2.80. The predicted molar refractivity (Wildman–Crippen MR) is 103 cm³/mol. The SMILES string of the molecule is CC1(C)C=Cc2cc(-n3c4ccccc4c4ccccc43)ccc21. The van der Waals surface area contributed by atoms with Crippen molar-refractivity contribution in [1.82, 2.24) is 4.57 Å². The quantitative estimate of drug-likeness (QED) is 0.401. The van der Waals surface area contributed by atoms with Crippen LogP contribution < -0.4 is 0 Å². The summed E-state index contributed by atoms with van der Waals surface area (Å²) in [6.45, 7) is 4.55. The van der Waals surface area contributed by atoms with Gasteiger partial charge in [-0.1, -0.05) is 68.5 Å². The molecule has 0 saturated heterocycles. The molecule has 0 fully saturated rings. The number of fused-ring (bicyclic) bond motifs is 4. The summed E-state index contributed by atoms with van der Waals surface area (Å²) in [6, 6.07) is 24.2. The van der Waals surface area contributed by atoms with Gasteiger partial charge in [-0.25, -0.2) is 0 Å². The third-order valence-electron chi connectivity index (χ3n) is 5.25. The van der Waals surface area contributed by atoms with E-state index in [1.165, 1.54) is 38.6 Å². The maximum absolute atomic E-state index is 2.38. The van der Waals surface area contributed by atoms with E-state index in [1.807, 2.05) is 0 Å². The third-order valence-corrected chi connectivity index (χ3v) is 5.25. The number of aromatic nitrogens is 1. The smallest absolute Gasteiger partial charge is 0.0541 e. The van der Waals surface area contributed by atoms with Crippen LogP contribution in [0.2, 0.25) is 0 Å². The number of hydrogen-bond acceptors (Lipinski definition) is 0. The summed E-state index contributed by atoms with van der Waals surface area (Å²) in [4.78, 5) is 0. The number of nitrogens with zero attached hydrogens (tertiary/aromatic N) is 1. The first kappa shape index (κ1) is 13.6. The van der Waals surface area contributed by atoms with Gasteiger partial charge in [-0.05, 0) is 35.4 Å². The Bertz CT molecular complexity index is 1070. The summed E-state index contributed by atoms with van der Waals surface area (Å²) in [5.41, 5.74) is 6.63. The number of hydrogen-bond donors (Lipinski definition) is 0. The molecule has 0 spiro atoms. The molecular weight excluding hydrogens is 290 g/mol. The molecule has 0 atom stereocenters. The number of allylic oxidation sites excluding steroid dienone is 1. The van der Waals surface area contributed by atoms with Crippen LogP contribution in [0.25, 0.3) is 33.6 Å². The van der Waals surface area contributed by atoms with Gasteiger partial charge in [0.05, 0.1) is 11.0 Å². The third kappa shape index (κ3) is 1.75. The Morgan fingerprint density at radius 2 is 1.38 bits per heavy atom. The summed E-state index contributed by atoms with van der Waals surface area (Å²) in [5.74, 6) is 0. The average molecular weight is 309 g/mol. The second-order valence-corrected chi connectivity index (χ2v) is 7.20. The average Bonchev–Trinajstić information content (AvgIpc) is 3.09. The molecule has 4 aromatic rings. The van der Waals surface area contributed by atoms with Gasteiger partial charge in [0, 0.05) is 21.9 Å². The standard InChI is InChI=1S/C23H19N/c1-23(2)14-13-16-15-17(11-12-20(16)23)24-21-9-5-3-7-18(21)19-8-4-6-10-22(19)24/h3-15H,1-2H3. The zero-order valence-electron chi connectivity index (χ0n) is 14.0. The zero-order valence-corrected chi connectivity index (χ0v) is 14.0. The van der Waals surface area contributed by atoms with Gasteiger partial charge in [0.15, 0.2) is 0 Å². The van der Waals surface area contributed by atoms with Gasteiger partial charge in [0.1, 0.15) is 0 Å². The zero-order chi connectivity index (χ0) is 16.3. The molecule has 3 aromatic carbocycles. The normalized spacial score (nSPS) is 15.2. The monoisotopic (exact) mass is 309 g/mol. The Morgan fingerprint density at radius 1 is 0.750 bits per heavy atom. The van der Waals surface area contributed by atoms with E-state index in [2.05, 4.69) is 97.3 Å². The molecule has 24 heavy (non-hydrogen) atoms. The highest BCUT2D eigenvalue weighted by molar-refractivity contribution is 6.09. The van der Waals surface area contributed by atoms with Gasteiger partial charge in [-0.3, -0.25) is 0 Å². The van der Waals surface area contributed by atoms with Crippen LogP contribution in [0.4, 0.5) is 0 Å². The first-order chi connectivity index (χ1) is 11.6. The van der Waals surface area contributed by atoms with Crippen molar-refractivity contribution in [1.29, 1.82) is 0 Å². The molecule has 0 bridgehead atoms. The first-order valence-electron chi connectivity index (χ1n) is 8.47. The van der Waals surface area contributed by atoms with Crippen LogP contribution in [-0.2, 0) is 5.41 Å². The van der Waals surface area contributed by atoms with E-state index in [-0.39, 0.29) is 5.41 Å². The van der Waals surface area contributed by atoms with Crippen molar-refractivity contribution in [2.75, 3.05) is 0 Å². The summed E-state index contributed by atoms with van der Waals surface area (Å²) in [6.07, 6.45) is 4.56. The van der Waals surface area contributed by atoms with Crippen molar-refractivity contribution in [3.05, 3.63) is 83.9 Å². The van der Waals surface area contributed by atoms with Crippen molar-refractivity contribution in [2.45, 2.75) is 19.3 Å². The molecule has 1 heterocycles. The maximum atomic E-state index is 2.38. The lowest BCUT2D eigenvalue weighted by Gasteiger charge is -2.18. The van der Waals surface area contributed by atoms with E-state index in [0.29, 0.717) is 0 Å². The van der Waals surface area contributed by atoms with Crippen LogP contribution in [0.15, 0.2) is 72.8 Å². The van der Waals surface area contributed by atoms with Crippen LogP contribution in [0, 0.1) is 0 Å². The van der Waals surface area contributed by atoms with Gasteiger partial charge >= 0.3 is 0 Å². The number of rotatable bonds is 1. The molecule has 5 rings (SSSR count). The van der Waals surface area contributed by atoms with E-state index in [1.54, 1.807) is 0 Å². The highest BCUT2D eigenvalue weighted by atomic mass is 15.0. The van der Waals surface area contributed by atoms with Crippen LogP contribution >= 0.6 is 0 Å². The molecule has 1 aliphatic rings. The fourth-order valence-corrected chi connectivity index (χ4v) is 4.00. The minimum Gasteiger partial charge on any atom is -0.309 e. The summed E-state index contributed by atoms with van der Waals surface area (Å²) in [7, 11) is 0. The van der Waals surface area contributed by atoms with Crippen molar-refractivity contribution < 1.29 is 0 Å². The molecule has 1 nitrogen and oxygen atoms in total. The molecule has 1 aliphatic carbocycles. The van der Waals surface area contributed by atoms with Crippen molar-refractivity contribution >= 4 is 27.9 Å². The van der Waals surface area contributed by atoms with Gasteiger partial charge in [0.2, 0.25) is 0 Å². The summed E-state index contributed by atoms with van der Waals surface area (Å²) < 4.78 is 2.38. The number of benzene rings is 3. The van der Waals surface area contributed by atoms with Crippen molar-refractivity contribution in [2.24, 2.45) is 0 Å². The fourth-order valence-electron chi connectivity index (χ4n) is 4.00. The Balaban J connectivity index is 1.85. The minimum absolute atomic E-state index is 0.134. The molecule has 0 aliphatic heterocycles. The molecule has 0 saturated carbocycles. The second kappa shape index (κ2) is 4.61. The highest BCUT2D eigenvalue weighted by Gasteiger charge is 2.25. The largest absolute Gasteiger partial charge is 0.309 e. The molecule has 0 radical (unpaired) electrons. The van der Waals surface area contributed by atoms with Crippen LogP contribution in [0.5, 0.6) is 0 Å². The molecular formula is C23H19N. The van der Waals surface area contributed by atoms with Gasteiger partial charge < -0.3 is 4.57 Å². The molecule has 0 N–H and O–H groups in total. The molecule has 0 amide bonds. The van der Waals surface area contributed by atoms with E-state index in [0.717, 1.165) is 0 Å². The number of para-hydroxylation sites is 2. The van der Waals surface area contributed by atoms with Crippen LogP contribution in [0.1, 0.15) is 25.0 Å². The van der Waals surface area contributed by atoms with Gasteiger partial charge in [-0.2, -0.15) is 0 Å². The fraction of sp³-hybridized carbons (Fsp3) is 0.130. The Kier molecular flexibility index (Phi) is 2.62. The van der Waals surface area contributed by atoms with Gasteiger partial charge in [0.25, 0.3) is 0 Å². The molecule has 1 heteroatoms. The highest BCUT2D eigenvalue weighted by Crippen LogP contribution is 2.38. The lowest BCUT2D eigenvalue weighted by Crippen LogP contribution is -2.10. The predicted octanol–water partition coefficient (Wildman–Crippen LogP) is 6.09. The van der Waals surface area contributed by atoms with Crippen LogP contribution in [-0.4, -0.2) is 4.57 Å². The lowest BCUT2D eigenvalue weighted by molar-refractivity contribution is 0.683. The van der Waals surface area contributed by atoms with Gasteiger partial charge in [-0.15, -0.1) is 0 Å². The van der Waals surface area contributed by atoms with E-state index in [4.69, 9.17) is 0 Å². The summed E-state index contributed by atoms with van der Waals surface area (Å²) in [5, 5.41) is 2.62. The second-order valence-electron chi connectivity index (χ2n) is 7.20. The minimum atomic E-state index is 0.134. The van der Waals surface area contributed by atoms with Crippen molar-refractivity contribution in [3.8, 4) is 5.69 Å². The van der Waals surface area contributed by atoms with Crippen LogP contribution in [0.3, 0.4) is 0 Å². The molecule has 1 aromatic heterocycles. The van der Waals surface area contributed by atoms with E-state index >= 15 is 0 Å². The van der Waals surface area contributed by atoms with E-state index in [9.17, 15) is 0 Å². The lowest BCUT2D eigenvalue weighted by atomic mass is 9.87. The molecule has 0 unspecified atom stereocenters. The van der Waals surface area contributed by atoms with Crippen molar-refractivity contribution in [3.63, 3.8) is 0 Å². The Labute approximate surface area is 141 Å². The maximum Gasteiger partial charge on any atom is 0.0541 e. The van der Waals surface area contributed by atoms with E-state index < -0.39 is 0 Å². The topological polar surface area (TPSA) is 4.93 Å². The molecule has 116 valence electrons.